The van der Waals surface area contributed by atoms with Crippen molar-refractivity contribution in [3.63, 3.8) is 0 Å². The molecule has 0 saturated heterocycles. The molecule has 114 valence electrons. The van der Waals surface area contributed by atoms with E-state index < -0.39 is 0 Å². The van der Waals surface area contributed by atoms with E-state index in [1.807, 2.05) is 12.3 Å². The molecule has 0 aliphatic heterocycles. The number of halogens is 1. The van der Waals surface area contributed by atoms with Gasteiger partial charge in [-0.3, -0.25) is 0 Å². The van der Waals surface area contributed by atoms with Gasteiger partial charge in [-0.2, -0.15) is 0 Å². The lowest BCUT2D eigenvalue weighted by Gasteiger charge is -2.30. The van der Waals surface area contributed by atoms with E-state index in [0.717, 1.165) is 29.7 Å². The number of ether oxygens (including phenoxy) is 1. The van der Waals surface area contributed by atoms with Crippen LogP contribution in [-0.2, 0) is 10.6 Å². The fraction of sp³-hybridized carbons (Fsp3) is 0.471. The molecule has 1 heterocycles. The van der Waals surface area contributed by atoms with Crippen molar-refractivity contribution in [2.75, 3.05) is 25.2 Å². The molecule has 2 aromatic rings. The summed E-state index contributed by atoms with van der Waals surface area (Å²) < 4.78 is 5.25. The summed E-state index contributed by atoms with van der Waals surface area (Å²) in [5, 5.41) is 2.34. The molecule has 1 aromatic carbocycles. The van der Waals surface area contributed by atoms with Gasteiger partial charge in [0.1, 0.15) is 5.82 Å². The highest BCUT2D eigenvalue weighted by Crippen LogP contribution is 2.29. The van der Waals surface area contributed by atoms with Gasteiger partial charge >= 0.3 is 0 Å². The highest BCUT2D eigenvalue weighted by atomic mass is 35.5. The first-order chi connectivity index (χ1) is 10.2. The van der Waals surface area contributed by atoms with Gasteiger partial charge in [0.15, 0.2) is 0 Å². The van der Waals surface area contributed by atoms with E-state index >= 15 is 0 Å². The molecule has 1 unspecified atom stereocenters. The molecular formula is C17H23ClN2O. The van der Waals surface area contributed by atoms with Crippen molar-refractivity contribution >= 4 is 28.2 Å². The number of aromatic nitrogens is 1. The number of hydrogen-bond donors (Lipinski definition) is 0. The predicted molar refractivity (Wildman–Crippen MR) is 90.3 cm³/mol. The Kier molecular flexibility index (Phi) is 5.83. The molecule has 3 nitrogen and oxygen atoms in total. The van der Waals surface area contributed by atoms with Gasteiger partial charge in [0.2, 0.25) is 0 Å². The van der Waals surface area contributed by atoms with Crippen LogP contribution in [0.15, 0.2) is 30.5 Å². The fourth-order valence-electron chi connectivity index (χ4n) is 2.52. The molecule has 2 rings (SSSR count). The van der Waals surface area contributed by atoms with E-state index in [-0.39, 0.29) is 0 Å². The minimum Gasteiger partial charge on any atom is -0.383 e. The molecule has 21 heavy (non-hydrogen) atoms. The molecule has 4 heteroatoms. The maximum absolute atomic E-state index is 6.04. The first-order valence-corrected chi connectivity index (χ1v) is 7.94. The second kappa shape index (κ2) is 7.62. The fourth-order valence-corrected chi connectivity index (χ4v) is 2.73. The summed E-state index contributed by atoms with van der Waals surface area (Å²) in [5.74, 6) is 1.50. The van der Waals surface area contributed by atoms with E-state index in [9.17, 15) is 0 Å². The Balaban J connectivity index is 2.52. The quantitative estimate of drug-likeness (QED) is 0.716. The Bertz CT molecular complexity index is 588. The highest BCUT2D eigenvalue weighted by molar-refractivity contribution is 6.18. The van der Waals surface area contributed by atoms with Crippen LogP contribution in [0, 0.1) is 0 Å². The Morgan fingerprint density at radius 3 is 2.62 bits per heavy atom. The Labute approximate surface area is 131 Å². The van der Waals surface area contributed by atoms with Crippen LogP contribution < -0.4 is 4.90 Å². The van der Waals surface area contributed by atoms with Crippen LogP contribution in [0.5, 0.6) is 0 Å². The van der Waals surface area contributed by atoms with Gasteiger partial charge in [-0.1, -0.05) is 31.2 Å². The molecular weight excluding hydrogens is 284 g/mol. The highest BCUT2D eigenvalue weighted by Gasteiger charge is 2.17. The summed E-state index contributed by atoms with van der Waals surface area (Å²) in [5.41, 5.74) is 1.08. The molecule has 0 N–H and O–H groups in total. The van der Waals surface area contributed by atoms with Crippen molar-refractivity contribution in [2.24, 2.45) is 0 Å². The first-order valence-electron chi connectivity index (χ1n) is 7.41. The average Bonchev–Trinajstić information content (AvgIpc) is 2.54. The number of anilines is 1. The van der Waals surface area contributed by atoms with Crippen LogP contribution in [0.4, 0.5) is 5.82 Å². The summed E-state index contributed by atoms with van der Waals surface area (Å²) in [6.45, 7) is 5.95. The number of nitrogens with zero attached hydrogens (tertiary/aromatic N) is 2. The van der Waals surface area contributed by atoms with Crippen LogP contribution in [0.3, 0.4) is 0 Å². The molecule has 0 aliphatic carbocycles. The number of benzene rings is 1. The van der Waals surface area contributed by atoms with Gasteiger partial charge in [-0.25, -0.2) is 4.98 Å². The number of pyridine rings is 1. The van der Waals surface area contributed by atoms with Crippen LogP contribution in [-0.4, -0.2) is 31.3 Å². The van der Waals surface area contributed by atoms with Gasteiger partial charge in [0.25, 0.3) is 0 Å². The largest absolute Gasteiger partial charge is 0.383 e. The molecule has 1 aromatic heterocycles. The zero-order valence-corrected chi connectivity index (χ0v) is 13.7. The SMILES string of the molecule is CCC(C)N(CCOC)c1ncc(CCl)c2ccccc12. The van der Waals surface area contributed by atoms with Crippen molar-refractivity contribution in [1.82, 2.24) is 4.98 Å². The summed E-state index contributed by atoms with van der Waals surface area (Å²) in [7, 11) is 1.73. The van der Waals surface area contributed by atoms with E-state index in [2.05, 4.69) is 41.9 Å². The number of methoxy groups -OCH3 is 1. The maximum Gasteiger partial charge on any atom is 0.136 e. The minimum atomic E-state index is 0.415. The number of rotatable bonds is 7. The number of alkyl halides is 1. The van der Waals surface area contributed by atoms with Crippen LogP contribution in [0.2, 0.25) is 0 Å². The lowest BCUT2D eigenvalue weighted by molar-refractivity contribution is 0.203. The van der Waals surface area contributed by atoms with Crippen LogP contribution in [0.25, 0.3) is 10.8 Å². The lowest BCUT2D eigenvalue weighted by atomic mass is 10.1. The van der Waals surface area contributed by atoms with Gasteiger partial charge in [-0.15, -0.1) is 11.6 Å². The van der Waals surface area contributed by atoms with E-state index in [1.165, 1.54) is 5.39 Å². The zero-order valence-electron chi connectivity index (χ0n) is 13.0. The minimum absolute atomic E-state index is 0.415. The summed E-state index contributed by atoms with van der Waals surface area (Å²) in [6, 6.07) is 8.75. The van der Waals surface area contributed by atoms with Crippen molar-refractivity contribution in [1.29, 1.82) is 0 Å². The van der Waals surface area contributed by atoms with E-state index in [0.29, 0.717) is 18.5 Å². The summed E-state index contributed by atoms with van der Waals surface area (Å²) in [4.78, 5) is 7.01. The van der Waals surface area contributed by atoms with Crippen molar-refractivity contribution < 1.29 is 4.74 Å². The van der Waals surface area contributed by atoms with Gasteiger partial charge < -0.3 is 9.64 Å². The van der Waals surface area contributed by atoms with Crippen molar-refractivity contribution in [3.05, 3.63) is 36.0 Å². The van der Waals surface area contributed by atoms with Crippen molar-refractivity contribution in [3.8, 4) is 0 Å². The molecule has 0 saturated carbocycles. The second-order valence-corrected chi connectivity index (χ2v) is 5.50. The maximum atomic E-state index is 6.04. The Morgan fingerprint density at radius 1 is 1.29 bits per heavy atom. The molecule has 0 amide bonds. The van der Waals surface area contributed by atoms with Gasteiger partial charge in [0, 0.05) is 37.2 Å². The molecule has 0 fully saturated rings. The molecule has 0 spiro atoms. The lowest BCUT2D eigenvalue weighted by Crippen LogP contribution is -2.36. The molecule has 0 radical (unpaired) electrons. The number of hydrogen-bond acceptors (Lipinski definition) is 3. The summed E-state index contributed by atoms with van der Waals surface area (Å²) in [6.07, 6.45) is 2.96. The van der Waals surface area contributed by atoms with E-state index in [4.69, 9.17) is 16.3 Å². The standard InChI is InChI=1S/C17H23ClN2O/c1-4-13(2)20(9-10-21-3)17-16-8-6-5-7-15(16)14(11-18)12-19-17/h5-8,12-13H,4,9-11H2,1-3H3. The normalized spacial score (nSPS) is 12.6. The Hall–Kier alpha value is -1.32. The zero-order chi connectivity index (χ0) is 15.2. The van der Waals surface area contributed by atoms with Crippen LogP contribution in [0.1, 0.15) is 25.8 Å². The average molecular weight is 307 g/mol. The molecule has 0 bridgehead atoms. The monoisotopic (exact) mass is 306 g/mol. The third-order valence-electron chi connectivity index (χ3n) is 3.93. The van der Waals surface area contributed by atoms with Gasteiger partial charge in [-0.05, 0) is 24.3 Å². The first kappa shape index (κ1) is 16.1. The smallest absolute Gasteiger partial charge is 0.136 e. The second-order valence-electron chi connectivity index (χ2n) is 5.23. The van der Waals surface area contributed by atoms with Crippen LogP contribution >= 0.6 is 11.6 Å². The topological polar surface area (TPSA) is 25.4 Å². The number of fused-ring (bicyclic) bond motifs is 1. The third kappa shape index (κ3) is 3.47. The third-order valence-corrected chi connectivity index (χ3v) is 4.22. The molecule has 0 aliphatic rings. The summed E-state index contributed by atoms with van der Waals surface area (Å²) >= 11 is 6.04. The predicted octanol–water partition coefficient (Wildman–Crippen LogP) is 4.22. The van der Waals surface area contributed by atoms with Gasteiger partial charge in [0.05, 0.1) is 6.61 Å². The van der Waals surface area contributed by atoms with E-state index in [1.54, 1.807) is 7.11 Å². The molecule has 1 atom stereocenters. The van der Waals surface area contributed by atoms with Crippen molar-refractivity contribution in [2.45, 2.75) is 32.2 Å². The Morgan fingerprint density at radius 2 is 2.00 bits per heavy atom.